The Bertz CT molecular complexity index is 897. The first-order chi connectivity index (χ1) is 15.5. The van der Waals surface area contributed by atoms with E-state index in [-0.39, 0.29) is 17.9 Å². The van der Waals surface area contributed by atoms with E-state index in [2.05, 4.69) is 25.1 Å². The second-order valence-electron chi connectivity index (χ2n) is 9.49. The van der Waals surface area contributed by atoms with Crippen LogP contribution < -0.4 is 15.4 Å². The van der Waals surface area contributed by atoms with Gasteiger partial charge in [-0.2, -0.15) is 0 Å². The smallest absolute Gasteiger partial charge is 0.223 e. The summed E-state index contributed by atoms with van der Waals surface area (Å²) in [4.78, 5) is 24.1. The second kappa shape index (κ2) is 10.5. The molecule has 0 radical (unpaired) electrons. The number of likely N-dealkylation sites (tertiary alicyclic amines) is 1. The minimum Gasteiger partial charge on any atom is -0.476 e. The molecule has 1 saturated carbocycles. The molecule has 0 atom stereocenters. The number of nitrogens with one attached hydrogen (secondary N) is 2. The number of rotatable bonds is 8. The number of aromatic nitrogens is 3. The highest BCUT2D eigenvalue weighted by atomic mass is 16.5. The molecule has 1 saturated heterocycles. The molecule has 1 aliphatic heterocycles. The summed E-state index contributed by atoms with van der Waals surface area (Å²) in [6, 6.07) is 2.53. The zero-order chi connectivity index (χ0) is 22.5. The summed E-state index contributed by atoms with van der Waals surface area (Å²) in [7, 11) is 1.91. The molecule has 0 spiro atoms. The Hall–Kier alpha value is -2.35. The molecule has 8 nitrogen and oxygen atoms in total. The average molecular weight is 443 g/mol. The molecule has 2 aromatic rings. The lowest BCUT2D eigenvalue weighted by Gasteiger charge is -2.30. The fourth-order valence-electron chi connectivity index (χ4n) is 5.07. The van der Waals surface area contributed by atoms with Crippen LogP contribution in [0.25, 0.3) is 11.0 Å². The molecule has 2 fully saturated rings. The van der Waals surface area contributed by atoms with Crippen molar-refractivity contribution in [1.29, 1.82) is 0 Å². The maximum Gasteiger partial charge on any atom is 0.223 e. The Kier molecular flexibility index (Phi) is 7.50. The van der Waals surface area contributed by atoms with Gasteiger partial charge in [-0.1, -0.05) is 6.42 Å². The standard InChI is InChI=1S/C24H38N6O2/c1-17(2)27-23(31)18-7-9-19(10-8-18)30-21-15-22(26-16-20(21)28-24(30)25-3)32-14-13-29-11-5-4-6-12-29/h15-19H,4-14H2,1-3H3,(H,25,28)(H,27,31). The number of hydrogen-bond acceptors (Lipinski definition) is 6. The Morgan fingerprint density at radius 3 is 2.62 bits per heavy atom. The molecule has 3 heterocycles. The van der Waals surface area contributed by atoms with Crippen LogP contribution in [-0.4, -0.2) is 64.7 Å². The van der Waals surface area contributed by atoms with Crippen LogP contribution >= 0.6 is 0 Å². The number of imidazole rings is 1. The molecule has 176 valence electrons. The number of pyridine rings is 1. The number of anilines is 1. The highest BCUT2D eigenvalue weighted by molar-refractivity contribution is 5.80. The quantitative estimate of drug-likeness (QED) is 0.650. The maximum atomic E-state index is 12.4. The zero-order valence-corrected chi connectivity index (χ0v) is 19.8. The number of amides is 1. The van der Waals surface area contributed by atoms with E-state index in [0.717, 1.165) is 49.2 Å². The molecular weight excluding hydrogens is 404 g/mol. The highest BCUT2D eigenvalue weighted by Crippen LogP contribution is 2.37. The van der Waals surface area contributed by atoms with Crippen LogP contribution in [0.5, 0.6) is 5.88 Å². The zero-order valence-electron chi connectivity index (χ0n) is 19.8. The number of hydrogen-bond donors (Lipinski definition) is 2. The van der Waals surface area contributed by atoms with Gasteiger partial charge in [-0.05, 0) is 65.5 Å². The third kappa shape index (κ3) is 5.34. The van der Waals surface area contributed by atoms with Crippen molar-refractivity contribution in [2.45, 2.75) is 70.9 Å². The molecule has 32 heavy (non-hydrogen) atoms. The van der Waals surface area contributed by atoms with Gasteiger partial charge in [-0.15, -0.1) is 0 Å². The van der Waals surface area contributed by atoms with E-state index in [1.54, 1.807) is 0 Å². The van der Waals surface area contributed by atoms with Crippen LogP contribution in [0.4, 0.5) is 5.95 Å². The topological polar surface area (TPSA) is 84.3 Å². The van der Waals surface area contributed by atoms with Gasteiger partial charge in [0.05, 0.1) is 11.7 Å². The van der Waals surface area contributed by atoms with Crippen molar-refractivity contribution in [3.8, 4) is 5.88 Å². The van der Waals surface area contributed by atoms with Gasteiger partial charge in [0.2, 0.25) is 17.7 Å². The van der Waals surface area contributed by atoms with Gasteiger partial charge in [0, 0.05) is 37.7 Å². The molecule has 1 amide bonds. The third-order valence-corrected chi connectivity index (χ3v) is 6.74. The Balaban J connectivity index is 1.43. The van der Waals surface area contributed by atoms with Gasteiger partial charge >= 0.3 is 0 Å². The Morgan fingerprint density at radius 1 is 1.19 bits per heavy atom. The molecule has 1 aliphatic carbocycles. The van der Waals surface area contributed by atoms with Crippen LogP contribution in [0.2, 0.25) is 0 Å². The van der Waals surface area contributed by atoms with Crippen molar-refractivity contribution in [1.82, 2.24) is 24.8 Å². The fourth-order valence-corrected chi connectivity index (χ4v) is 5.07. The first-order valence-electron chi connectivity index (χ1n) is 12.3. The first kappa shape index (κ1) is 22.8. The van der Waals surface area contributed by atoms with E-state index < -0.39 is 0 Å². The van der Waals surface area contributed by atoms with Crippen LogP contribution in [0, 0.1) is 5.92 Å². The molecule has 2 aromatic heterocycles. The molecule has 0 bridgehead atoms. The lowest BCUT2D eigenvalue weighted by Crippen LogP contribution is -2.37. The summed E-state index contributed by atoms with van der Waals surface area (Å²) < 4.78 is 8.30. The molecule has 0 unspecified atom stereocenters. The van der Waals surface area contributed by atoms with E-state index in [1.165, 1.54) is 32.4 Å². The van der Waals surface area contributed by atoms with Gasteiger partial charge < -0.3 is 19.9 Å². The molecule has 2 aliphatic rings. The van der Waals surface area contributed by atoms with Crippen molar-refractivity contribution in [3.63, 3.8) is 0 Å². The van der Waals surface area contributed by atoms with Crippen molar-refractivity contribution in [2.24, 2.45) is 5.92 Å². The minimum atomic E-state index is 0.108. The number of carbonyl (C=O) groups excluding carboxylic acids is 1. The van der Waals surface area contributed by atoms with Gasteiger partial charge in [0.25, 0.3) is 0 Å². The summed E-state index contributed by atoms with van der Waals surface area (Å²) >= 11 is 0. The fraction of sp³-hybridized carbons (Fsp3) is 0.708. The van der Waals surface area contributed by atoms with Gasteiger partial charge in [0.15, 0.2) is 0 Å². The van der Waals surface area contributed by atoms with Crippen molar-refractivity contribution < 1.29 is 9.53 Å². The van der Waals surface area contributed by atoms with Crippen LogP contribution in [0.3, 0.4) is 0 Å². The van der Waals surface area contributed by atoms with Crippen LogP contribution in [-0.2, 0) is 4.79 Å². The van der Waals surface area contributed by atoms with Crippen molar-refractivity contribution >= 4 is 22.9 Å². The lowest BCUT2D eigenvalue weighted by atomic mass is 9.85. The largest absolute Gasteiger partial charge is 0.476 e. The van der Waals surface area contributed by atoms with E-state index in [9.17, 15) is 4.79 Å². The first-order valence-corrected chi connectivity index (χ1v) is 12.3. The van der Waals surface area contributed by atoms with Crippen molar-refractivity contribution in [2.75, 3.05) is 38.6 Å². The van der Waals surface area contributed by atoms with Gasteiger partial charge in [-0.3, -0.25) is 9.69 Å². The monoisotopic (exact) mass is 442 g/mol. The third-order valence-electron chi connectivity index (χ3n) is 6.74. The molecular formula is C24H38N6O2. The van der Waals surface area contributed by atoms with Crippen molar-refractivity contribution in [3.05, 3.63) is 12.3 Å². The predicted molar refractivity (Wildman–Crippen MR) is 127 cm³/mol. The number of piperidine rings is 1. The predicted octanol–water partition coefficient (Wildman–Crippen LogP) is 3.59. The van der Waals surface area contributed by atoms with E-state index in [0.29, 0.717) is 18.5 Å². The Labute approximate surface area is 191 Å². The minimum absolute atomic E-state index is 0.108. The summed E-state index contributed by atoms with van der Waals surface area (Å²) in [6.45, 7) is 7.98. The number of fused-ring (bicyclic) bond motifs is 1. The summed E-state index contributed by atoms with van der Waals surface area (Å²) in [5, 5.41) is 6.31. The second-order valence-corrected chi connectivity index (χ2v) is 9.49. The van der Waals surface area contributed by atoms with Crippen LogP contribution in [0.1, 0.15) is 64.8 Å². The van der Waals surface area contributed by atoms with Gasteiger partial charge in [-0.25, -0.2) is 9.97 Å². The highest BCUT2D eigenvalue weighted by Gasteiger charge is 2.29. The van der Waals surface area contributed by atoms with E-state index in [1.807, 2.05) is 33.2 Å². The normalized spacial score (nSPS) is 22.2. The van der Waals surface area contributed by atoms with E-state index >= 15 is 0 Å². The van der Waals surface area contributed by atoms with Gasteiger partial charge in [0.1, 0.15) is 12.1 Å². The number of ether oxygens (including phenoxy) is 1. The molecule has 4 rings (SSSR count). The van der Waals surface area contributed by atoms with E-state index in [4.69, 9.17) is 9.72 Å². The Morgan fingerprint density at radius 2 is 1.94 bits per heavy atom. The maximum absolute atomic E-state index is 12.4. The summed E-state index contributed by atoms with van der Waals surface area (Å²) in [5.41, 5.74) is 1.92. The molecule has 2 N–H and O–H groups in total. The number of carbonyl (C=O) groups is 1. The van der Waals surface area contributed by atoms with Crippen LogP contribution in [0.15, 0.2) is 12.3 Å². The summed E-state index contributed by atoms with van der Waals surface area (Å²) in [6.07, 6.45) is 9.46. The molecule has 0 aromatic carbocycles. The SMILES string of the molecule is CNc1nc2cnc(OCCN3CCCCC3)cc2n1C1CCC(C(=O)NC(C)C)CC1. The number of nitrogens with zero attached hydrogens (tertiary/aromatic N) is 4. The average Bonchev–Trinajstić information content (AvgIpc) is 3.17. The molecule has 8 heteroatoms. The summed E-state index contributed by atoms with van der Waals surface area (Å²) in [5.74, 6) is 1.80. The lowest BCUT2D eigenvalue weighted by molar-refractivity contribution is -0.126.